The van der Waals surface area contributed by atoms with E-state index in [2.05, 4.69) is 15.7 Å². The van der Waals surface area contributed by atoms with Crippen LogP contribution in [0.1, 0.15) is 44.2 Å². The smallest absolute Gasteiger partial charge is 0.315 e. The third kappa shape index (κ3) is 4.39. The predicted molar refractivity (Wildman–Crippen MR) is 96.5 cm³/mol. The molecule has 1 aliphatic carbocycles. The Hall–Kier alpha value is -2.34. The van der Waals surface area contributed by atoms with Crippen molar-refractivity contribution in [1.29, 1.82) is 0 Å². The average Bonchev–Trinajstić information content (AvgIpc) is 3.17. The first-order valence-corrected chi connectivity index (χ1v) is 8.94. The van der Waals surface area contributed by atoms with Gasteiger partial charge < -0.3 is 15.7 Å². The van der Waals surface area contributed by atoms with Gasteiger partial charge in [0.2, 0.25) is 0 Å². The van der Waals surface area contributed by atoms with Gasteiger partial charge >= 0.3 is 6.03 Å². The number of carbonyl (C=O) groups excluding carboxylic acids is 1. The molecule has 1 atom stereocenters. The summed E-state index contributed by atoms with van der Waals surface area (Å²) in [6.45, 7) is 2.23. The zero-order valence-corrected chi connectivity index (χ0v) is 14.6. The molecule has 134 valence electrons. The lowest BCUT2D eigenvalue weighted by atomic mass is 9.87. The maximum absolute atomic E-state index is 12.3. The molecule has 6 heteroatoms. The zero-order chi connectivity index (χ0) is 17.6. The standard InChI is InChI=1S/C19H26N4O2/c1-14(17-5-2-3-6-18(17)23-12-4-11-20-23)21-19(25)22-16-9-7-15(13-24)8-10-16/h2-6,11-12,14-16,24H,7-10,13H2,1H3,(H2,21,22,25). The summed E-state index contributed by atoms with van der Waals surface area (Å²) < 4.78 is 1.81. The molecule has 3 N–H and O–H groups in total. The fourth-order valence-electron chi connectivity index (χ4n) is 3.46. The molecule has 0 bridgehead atoms. The number of aromatic nitrogens is 2. The van der Waals surface area contributed by atoms with Gasteiger partial charge in [0.15, 0.2) is 0 Å². The number of hydrogen-bond donors (Lipinski definition) is 3. The summed E-state index contributed by atoms with van der Waals surface area (Å²) in [5, 5.41) is 19.6. The van der Waals surface area contributed by atoms with Crippen LogP contribution < -0.4 is 10.6 Å². The van der Waals surface area contributed by atoms with Crippen molar-refractivity contribution in [3.8, 4) is 5.69 Å². The second kappa shape index (κ2) is 8.16. The molecule has 1 aromatic carbocycles. The number of aliphatic hydroxyl groups is 1. The number of amides is 2. The van der Waals surface area contributed by atoms with E-state index in [9.17, 15) is 9.90 Å². The molecule has 0 aliphatic heterocycles. The van der Waals surface area contributed by atoms with Crippen LogP contribution in [0.25, 0.3) is 5.69 Å². The third-order valence-corrected chi connectivity index (χ3v) is 4.94. The Morgan fingerprint density at radius 1 is 1.28 bits per heavy atom. The molecule has 1 fully saturated rings. The van der Waals surface area contributed by atoms with Crippen LogP contribution in [0.5, 0.6) is 0 Å². The minimum Gasteiger partial charge on any atom is -0.396 e. The highest BCUT2D eigenvalue weighted by atomic mass is 16.3. The number of rotatable bonds is 5. The van der Waals surface area contributed by atoms with Gasteiger partial charge in [0, 0.05) is 25.0 Å². The Morgan fingerprint density at radius 3 is 2.72 bits per heavy atom. The van der Waals surface area contributed by atoms with Crippen LogP contribution in [0.4, 0.5) is 4.79 Å². The van der Waals surface area contributed by atoms with E-state index >= 15 is 0 Å². The van der Waals surface area contributed by atoms with Crippen molar-refractivity contribution in [1.82, 2.24) is 20.4 Å². The second-order valence-electron chi connectivity index (χ2n) is 6.75. The predicted octanol–water partition coefficient (Wildman–Crippen LogP) is 2.78. The first-order chi connectivity index (χ1) is 12.2. The molecule has 0 saturated heterocycles. The Bertz CT molecular complexity index is 678. The number of hydrogen-bond acceptors (Lipinski definition) is 3. The van der Waals surface area contributed by atoms with E-state index in [-0.39, 0.29) is 24.7 Å². The molecule has 3 rings (SSSR count). The van der Waals surface area contributed by atoms with Crippen molar-refractivity contribution in [3.05, 3.63) is 48.3 Å². The summed E-state index contributed by atoms with van der Waals surface area (Å²) in [5.74, 6) is 0.390. The number of nitrogens with zero attached hydrogens (tertiary/aromatic N) is 2. The Morgan fingerprint density at radius 2 is 2.04 bits per heavy atom. The lowest BCUT2D eigenvalue weighted by Gasteiger charge is -2.28. The van der Waals surface area contributed by atoms with Gasteiger partial charge in [0.25, 0.3) is 0 Å². The Kier molecular flexibility index (Phi) is 5.71. The van der Waals surface area contributed by atoms with Gasteiger partial charge in [-0.3, -0.25) is 0 Å². The van der Waals surface area contributed by atoms with Crippen molar-refractivity contribution in [3.63, 3.8) is 0 Å². The van der Waals surface area contributed by atoms with Gasteiger partial charge in [-0.25, -0.2) is 9.48 Å². The first-order valence-electron chi connectivity index (χ1n) is 8.94. The van der Waals surface area contributed by atoms with Crippen LogP contribution in [-0.2, 0) is 0 Å². The maximum Gasteiger partial charge on any atom is 0.315 e. The highest BCUT2D eigenvalue weighted by Gasteiger charge is 2.22. The van der Waals surface area contributed by atoms with Crippen molar-refractivity contribution in [2.75, 3.05) is 6.61 Å². The molecule has 2 aromatic rings. The van der Waals surface area contributed by atoms with Gasteiger partial charge in [-0.2, -0.15) is 5.10 Å². The number of benzene rings is 1. The van der Waals surface area contributed by atoms with E-state index in [1.165, 1.54) is 0 Å². The van der Waals surface area contributed by atoms with Crippen molar-refractivity contribution < 1.29 is 9.90 Å². The monoisotopic (exact) mass is 342 g/mol. The normalized spacial score (nSPS) is 21.5. The molecule has 1 aliphatic rings. The van der Waals surface area contributed by atoms with E-state index < -0.39 is 0 Å². The van der Waals surface area contributed by atoms with Crippen LogP contribution >= 0.6 is 0 Å². The fraction of sp³-hybridized carbons (Fsp3) is 0.474. The third-order valence-electron chi connectivity index (χ3n) is 4.94. The molecule has 1 unspecified atom stereocenters. The van der Waals surface area contributed by atoms with E-state index in [0.29, 0.717) is 5.92 Å². The van der Waals surface area contributed by atoms with Gasteiger partial charge in [0.05, 0.1) is 11.7 Å². The lowest BCUT2D eigenvalue weighted by Crippen LogP contribution is -2.44. The van der Waals surface area contributed by atoms with Crippen LogP contribution in [-0.4, -0.2) is 33.6 Å². The highest BCUT2D eigenvalue weighted by molar-refractivity contribution is 5.75. The largest absolute Gasteiger partial charge is 0.396 e. The SMILES string of the molecule is CC(NC(=O)NC1CCC(CO)CC1)c1ccccc1-n1cccn1. The van der Waals surface area contributed by atoms with Crippen molar-refractivity contribution >= 4 is 6.03 Å². The minimum atomic E-state index is -0.143. The Labute approximate surface area is 148 Å². The maximum atomic E-state index is 12.3. The van der Waals surface area contributed by atoms with E-state index in [4.69, 9.17) is 0 Å². The zero-order valence-electron chi connectivity index (χ0n) is 14.6. The molecule has 0 spiro atoms. The van der Waals surface area contributed by atoms with Gasteiger partial charge in [0.1, 0.15) is 0 Å². The number of aliphatic hydroxyl groups excluding tert-OH is 1. The highest BCUT2D eigenvalue weighted by Crippen LogP contribution is 2.24. The topological polar surface area (TPSA) is 79.2 Å². The Balaban J connectivity index is 1.59. The fourth-order valence-corrected chi connectivity index (χ4v) is 3.46. The van der Waals surface area contributed by atoms with Crippen LogP contribution in [0.3, 0.4) is 0 Å². The van der Waals surface area contributed by atoms with Crippen LogP contribution in [0, 0.1) is 5.92 Å². The van der Waals surface area contributed by atoms with E-state index in [1.54, 1.807) is 6.20 Å². The summed E-state index contributed by atoms with van der Waals surface area (Å²) in [6, 6.07) is 9.73. The van der Waals surface area contributed by atoms with Gasteiger partial charge in [-0.15, -0.1) is 0 Å². The number of carbonyl (C=O) groups is 1. The van der Waals surface area contributed by atoms with E-state index in [0.717, 1.165) is 36.9 Å². The molecular weight excluding hydrogens is 316 g/mol. The van der Waals surface area contributed by atoms with E-state index in [1.807, 2.05) is 48.1 Å². The first kappa shape index (κ1) is 17.5. The quantitative estimate of drug-likeness (QED) is 0.782. The number of para-hydroxylation sites is 1. The van der Waals surface area contributed by atoms with Crippen molar-refractivity contribution in [2.24, 2.45) is 5.92 Å². The molecule has 2 amide bonds. The molecular formula is C19H26N4O2. The molecule has 6 nitrogen and oxygen atoms in total. The lowest BCUT2D eigenvalue weighted by molar-refractivity contribution is 0.174. The van der Waals surface area contributed by atoms with Crippen molar-refractivity contribution in [2.45, 2.75) is 44.7 Å². The molecule has 0 radical (unpaired) electrons. The van der Waals surface area contributed by atoms with Gasteiger partial charge in [-0.05, 0) is 56.2 Å². The summed E-state index contributed by atoms with van der Waals surface area (Å²) in [6.07, 6.45) is 7.43. The molecule has 1 aromatic heterocycles. The molecule has 1 saturated carbocycles. The number of urea groups is 1. The van der Waals surface area contributed by atoms with Crippen LogP contribution in [0.15, 0.2) is 42.7 Å². The number of nitrogens with one attached hydrogen (secondary N) is 2. The summed E-state index contributed by atoms with van der Waals surface area (Å²) in [5.41, 5.74) is 1.98. The molecule has 25 heavy (non-hydrogen) atoms. The second-order valence-corrected chi connectivity index (χ2v) is 6.75. The minimum absolute atomic E-state index is 0.130. The van der Waals surface area contributed by atoms with Crippen LogP contribution in [0.2, 0.25) is 0 Å². The summed E-state index contributed by atoms with van der Waals surface area (Å²) >= 11 is 0. The molecule has 1 heterocycles. The summed E-state index contributed by atoms with van der Waals surface area (Å²) in [4.78, 5) is 12.3. The average molecular weight is 342 g/mol. The summed E-state index contributed by atoms with van der Waals surface area (Å²) in [7, 11) is 0. The van der Waals surface area contributed by atoms with Gasteiger partial charge in [-0.1, -0.05) is 18.2 Å².